The molecular formula is C15H24N4O3. The van der Waals surface area contributed by atoms with Gasteiger partial charge in [0, 0.05) is 38.8 Å². The van der Waals surface area contributed by atoms with Crippen LogP contribution >= 0.6 is 0 Å². The number of rotatable bonds is 2. The van der Waals surface area contributed by atoms with Gasteiger partial charge in [0.1, 0.15) is 5.76 Å². The minimum atomic E-state index is -0.147. The maximum Gasteiger partial charge on any atom is 0.317 e. The molecule has 7 heteroatoms. The molecule has 22 heavy (non-hydrogen) atoms. The zero-order valence-electron chi connectivity index (χ0n) is 13.7. The van der Waals surface area contributed by atoms with Gasteiger partial charge in [-0.05, 0) is 12.3 Å². The summed E-state index contributed by atoms with van der Waals surface area (Å²) >= 11 is 0. The van der Waals surface area contributed by atoms with Crippen LogP contribution in [-0.2, 0) is 0 Å². The van der Waals surface area contributed by atoms with E-state index in [-0.39, 0.29) is 17.4 Å². The number of nitrogens with zero attached hydrogens (tertiary/aromatic N) is 3. The van der Waals surface area contributed by atoms with Crippen LogP contribution in [-0.4, -0.2) is 59.6 Å². The fraction of sp³-hybridized carbons (Fsp3) is 0.667. The third-order valence-electron chi connectivity index (χ3n) is 3.47. The fourth-order valence-electron chi connectivity index (χ4n) is 2.19. The molecule has 1 fully saturated rings. The summed E-state index contributed by atoms with van der Waals surface area (Å²) in [5, 5.41) is 6.67. The van der Waals surface area contributed by atoms with Gasteiger partial charge in [-0.3, -0.25) is 4.79 Å². The lowest BCUT2D eigenvalue weighted by atomic mass is 9.97. The molecule has 1 N–H and O–H groups in total. The lowest BCUT2D eigenvalue weighted by molar-refractivity contribution is 0.0654. The summed E-state index contributed by atoms with van der Waals surface area (Å²) < 4.78 is 4.93. The van der Waals surface area contributed by atoms with Crippen LogP contribution in [0.25, 0.3) is 0 Å². The highest BCUT2D eigenvalue weighted by Gasteiger charge is 2.26. The number of carbonyl (C=O) groups excluding carboxylic acids is 2. The normalized spacial score (nSPS) is 15.8. The van der Waals surface area contributed by atoms with Crippen molar-refractivity contribution in [3.05, 3.63) is 17.5 Å². The van der Waals surface area contributed by atoms with Gasteiger partial charge >= 0.3 is 6.03 Å². The molecule has 0 aliphatic carbocycles. The van der Waals surface area contributed by atoms with Gasteiger partial charge in [-0.15, -0.1) is 0 Å². The summed E-state index contributed by atoms with van der Waals surface area (Å²) in [6, 6.07) is 1.56. The number of nitrogens with one attached hydrogen (secondary N) is 1. The van der Waals surface area contributed by atoms with Crippen LogP contribution < -0.4 is 5.32 Å². The Bertz CT molecular complexity index is 539. The summed E-state index contributed by atoms with van der Waals surface area (Å²) in [5.41, 5.74) is 0.376. The van der Waals surface area contributed by atoms with E-state index >= 15 is 0 Å². The number of carbonyl (C=O) groups is 2. The van der Waals surface area contributed by atoms with Gasteiger partial charge in [0.2, 0.25) is 0 Å². The topological polar surface area (TPSA) is 78.7 Å². The van der Waals surface area contributed by atoms with Crippen molar-refractivity contribution in [2.45, 2.75) is 27.7 Å². The van der Waals surface area contributed by atoms with E-state index in [1.807, 2.05) is 0 Å². The Kier molecular flexibility index (Phi) is 4.73. The van der Waals surface area contributed by atoms with Crippen LogP contribution in [0.3, 0.4) is 0 Å². The van der Waals surface area contributed by atoms with E-state index in [4.69, 9.17) is 4.52 Å². The predicted octanol–water partition coefficient (Wildman–Crippen LogP) is 1.50. The molecule has 122 valence electrons. The molecule has 1 aromatic heterocycles. The smallest absolute Gasteiger partial charge is 0.317 e. The number of hydrogen-bond acceptors (Lipinski definition) is 4. The lowest BCUT2D eigenvalue weighted by Crippen LogP contribution is -2.53. The second-order valence-electron chi connectivity index (χ2n) is 6.82. The average Bonchev–Trinajstić information content (AvgIpc) is 2.90. The minimum Gasteiger partial charge on any atom is -0.361 e. The van der Waals surface area contributed by atoms with Crippen molar-refractivity contribution in [3.63, 3.8) is 0 Å². The molecule has 0 aromatic carbocycles. The van der Waals surface area contributed by atoms with Crippen LogP contribution in [0.1, 0.15) is 37.0 Å². The first-order valence-corrected chi connectivity index (χ1v) is 7.52. The number of hydrogen-bond donors (Lipinski definition) is 1. The van der Waals surface area contributed by atoms with E-state index in [0.717, 1.165) is 0 Å². The molecule has 0 spiro atoms. The second kappa shape index (κ2) is 6.37. The second-order valence-corrected chi connectivity index (χ2v) is 6.82. The molecule has 0 unspecified atom stereocenters. The number of aryl methyl sites for hydroxylation is 1. The highest BCUT2D eigenvalue weighted by atomic mass is 16.5. The lowest BCUT2D eigenvalue weighted by Gasteiger charge is -2.34. The largest absolute Gasteiger partial charge is 0.361 e. The Morgan fingerprint density at radius 2 is 1.82 bits per heavy atom. The molecule has 7 nitrogen and oxygen atoms in total. The zero-order chi connectivity index (χ0) is 16.3. The first-order chi connectivity index (χ1) is 10.3. The standard InChI is InChI=1S/C15H24N4O3/c1-11-9-12(17-22-11)13(20)18-5-7-19(8-6-18)14(21)16-10-15(2,3)4/h9H,5-8,10H2,1-4H3,(H,16,21). The Labute approximate surface area is 130 Å². The summed E-state index contributed by atoms with van der Waals surface area (Å²) in [7, 11) is 0. The quantitative estimate of drug-likeness (QED) is 0.898. The predicted molar refractivity (Wildman–Crippen MR) is 81.6 cm³/mol. The zero-order valence-corrected chi connectivity index (χ0v) is 13.7. The molecule has 2 rings (SSSR count). The van der Waals surface area contributed by atoms with Crippen LogP contribution in [0.2, 0.25) is 0 Å². The van der Waals surface area contributed by atoms with Crippen molar-refractivity contribution < 1.29 is 14.1 Å². The van der Waals surface area contributed by atoms with Crippen molar-refractivity contribution >= 4 is 11.9 Å². The Balaban J connectivity index is 1.82. The summed E-state index contributed by atoms with van der Waals surface area (Å²) in [5.74, 6) is 0.468. The van der Waals surface area contributed by atoms with E-state index in [9.17, 15) is 9.59 Å². The fourth-order valence-corrected chi connectivity index (χ4v) is 2.19. The first-order valence-electron chi connectivity index (χ1n) is 7.52. The molecule has 2 heterocycles. The molecule has 1 aliphatic heterocycles. The van der Waals surface area contributed by atoms with Crippen LogP contribution in [0.15, 0.2) is 10.6 Å². The van der Waals surface area contributed by atoms with E-state index < -0.39 is 0 Å². The third-order valence-corrected chi connectivity index (χ3v) is 3.47. The highest BCUT2D eigenvalue weighted by Crippen LogP contribution is 2.12. The number of amides is 3. The molecule has 1 aromatic rings. The van der Waals surface area contributed by atoms with Gasteiger partial charge in [0.05, 0.1) is 0 Å². The van der Waals surface area contributed by atoms with Gasteiger partial charge in [-0.2, -0.15) is 0 Å². The number of piperazine rings is 1. The summed E-state index contributed by atoms with van der Waals surface area (Å²) in [6.07, 6.45) is 0. The average molecular weight is 308 g/mol. The molecule has 0 bridgehead atoms. The van der Waals surface area contributed by atoms with Crippen LogP contribution in [0.5, 0.6) is 0 Å². The van der Waals surface area contributed by atoms with E-state index in [1.54, 1.807) is 22.8 Å². The van der Waals surface area contributed by atoms with Crippen molar-refractivity contribution in [2.75, 3.05) is 32.7 Å². The molecular weight excluding hydrogens is 284 g/mol. The molecule has 0 radical (unpaired) electrons. The summed E-state index contributed by atoms with van der Waals surface area (Å²) in [6.45, 7) is 10.7. The first kappa shape index (κ1) is 16.3. The van der Waals surface area contributed by atoms with E-state index in [0.29, 0.717) is 44.2 Å². The van der Waals surface area contributed by atoms with Crippen LogP contribution in [0, 0.1) is 12.3 Å². The third kappa shape index (κ3) is 4.22. The monoisotopic (exact) mass is 308 g/mol. The molecule has 0 saturated carbocycles. The van der Waals surface area contributed by atoms with Gasteiger partial charge < -0.3 is 19.6 Å². The van der Waals surface area contributed by atoms with Crippen molar-refractivity contribution in [1.29, 1.82) is 0 Å². The SMILES string of the molecule is Cc1cc(C(=O)N2CCN(C(=O)NCC(C)(C)C)CC2)no1. The number of aromatic nitrogens is 1. The minimum absolute atomic E-state index is 0.0538. The van der Waals surface area contributed by atoms with Gasteiger partial charge in [-0.25, -0.2) is 4.79 Å². The maximum atomic E-state index is 12.2. The van der Waals surface area contributed by atoms with Gasteiger partial charge in [0.25, 0.3) is 5.91 Å². The molecule has 3 amide bonds. The Hall–Kier alpha value is -2.05. The van der Waals surface area contributed by atoms with Crippen molar-refractivity contribution in [3.8, 4) is 0 Å². The van der Waals surface area contributed by atoms with Gasteiger partial charge in [-0.1, -0.05) is 25.9 Å². The molecule has 1 saturated heterocycles. The molecule has 1 aliphatic rings. The Morgan fingerprint density at radius 1 is 1.23 bits per heavy atom. The molecule has 0 atom stereocenters. The highest BCUT2D eigenvalue weighted by molar-refractivity contribution is 5.92. The maximum absolute atomic E-state index is 12.2. The van der Waals surface area contributed by atoms with Crippen molar-refractivity contribution in [1.82, 2.24) is 20.3 Å². The van der Waals surface area contributed by atoms with Crippen LogP contribution in [0.4, 0.5) is 4.79 Å². The van der Waals surface area contributed by atoms with E-state index in [2.05, 4.69) is 31.2 Å². The number of urea groups is 1. The summed E-state index contributed by atoms with van der Waals surface area (Å²) in [4.78, 5) is 27.7. The Morgan fingerprint density at radius 3 is 2.32 bits per heavy atom. The van der Waals surface area contributed by atoms with Crippen molar-refractivity contribution in [2.24, 2.45) is 5.41 Å². The van der Waals surface area contributed by atoms with Gasteiger partial charge in [0.15, 0.2) is 5.69 Å². The van der Waals surface area contributed by atoms with E-state index in [1.165, 1.54) is 0 Å².